The van der Waals surface area contributed by atoms with Gasteiger partial charge in [-0.15, -0.1) is 10.2 Å². The molecule has 0 saturated heterocycles. The van der Waals surface area contributed by atoms with Crippen LogP contribution in [-0.2, 0) is 0 Å². The summed E-state index contributed by atoms with van der Waals surface area (Å²) in [4.78, 5) is 27.1. The third-order valence-electron chi connectivity index (χ3n) is 2.40. The number of aromatic nitrogens is 4. The maximum absolute atomic E-state index is 11.7. The molecule has 0 fully saturated rings. The summed E-state index contributed by atoms with van der Waals surface area (Å²) in [6.07, 6.45) is 5.88. The van der Waals surface area contributed by atoms with Gasteiger partial charge in [0, 0.05) is 11.8 Å². The van der Waals surface area contributed by atoms with Gasteiger partial charge >= 0.3 is 5.69 Å². The number of nitrogens with one attached hydrogen (secondary N) is 2. The smallest absolute Gasteiger partial charge is 0.313 e. The van der Waals surface area contributed by atoms with Gasteiger partial charge in [-0.25, -0.2) is 4.79 Å². The Morgan fingerprint density at radius 1 is 1.37 bits per heavy atom. The second-order valence-corrected chi connectivity index (χ2v) is 4.13. The third kappa shape index (κ3) is 2.97. The molecule has 2 aromatic heterocycles. The van der Waals surface area contributed by atoms with Crippen LogP contribution in [0.25, 0.3) is 17.3 Å². The van der Waals surface area contributed by atoms with E-state index in [1.807, 2.05) is 13.0 Å². The second kappa shape index (κ2) is 5.62. The fourth-order valence-corrected chi connectivity index (χ4v) is 1.64. The molecular formula is C12H11ClN4O2. The summed E-state index contributed by atoms with van der Waals surface area (Å²) in [5.74, 6) is 0. The van der Waals surface area contributed by atoms with Crippen molar-refractivity contribution < 1.29 is 0 Å². The number of hydrogen-bond acceptors (Lipinski definition) is 4. The van der Waals surface area contributed by atoms with Crippen LogP contribution in [0.2, 0.25) is 5.15 Å². The minimum absolute atomic E-state index is 0.231. The molecule has 2 rings (SSSR count). The van der Waals surface area contributed by atoms with E-state index in [-0.39, 0.29) is 10.7 Å². The van der Waals surface area contributed by atoms with Gasteiger partial charge in [0.2, 0.25) is 0 Å². The molecule has 0 aliphatic heterocycles. The summed E-state index contributed by atoms with van der Waals surface area (Å²) in [6, 6.07) is 1.64. The maximum atomic E-state index is 11.7. The summed E-state index contributed by atoms with van der Waals surface area (Å²) >= 11 is 5.92. The highest BCUT2D eigenvalue weighted by Gasteiger charge is 2.08. The standard InChI is InChI=1S/C12H11ClN4O2/c1-2-3-4-7-5-9(16-17-10(7)13)8-6-14-12(19)15-11(8)18/h3-6H,2H2,1H3,(H2,14,15,18,19). The van der Waals surface area contributed by atoms with Crippen LogP contribution in [0.4, 0.5) is 0 Å². The van der Waals surface area contributed by atoms with E-state index in [0.29, 0.717) is 11.3 Å². The average Bonchev–Trinajstić information content (AvgIpc) is 2.38. The zero-order valence-electron chi connectivity index (χ0n) is 10.1. The Hall–Kier alpha value is -2.21. The van der Waals surface area contributed by atoms with Crippen molar-refractivity contribution >= 4 is 17.7 Å². The van der Waals surface area contributed by atoms with Crippen molar-refractivity contribution in [2.24, 2.45) is 0 Å². The molecule has 0 aromatic carbocycles. The molecule has 0 atom stereocenters. The van der Waals surface area contributed by atoms with Gasteiger partial charge in [0.25, 0.3) is 5.56 Å². The molecule has 0 aliphatic rings. The van der Waals surface area contributed by atoms with E-state index in [9.17, 15) is 9.59 Å². The van der Waals surface area contributed by atoms with Crippen LogP contribution in [0.1, 0.15) is 18.9 Å². The van der Waals surface area contributed by atoms with Crippen molar-refractivity contribution in [3.8, 4) is 11.3 Å². The van der Waals surface area contributed by atoms with Crippen molar-refractivity contribution in [2.75, 3.05) is 0 Å². The Balaban J connectivity index is 2.54. The van der Waals surface area contributed by atoms with Crippen molar-refractivity contribution in [1.29, 1.82) is 0 Å². The van der Waals surface area contributed by atoms with Crippen LogP contribution in [-0.4, -0.2) is 20.2 Å². The number of hydrogen-bond donors (Lipinski definition) is 2. The lowest BCUT2D eigenvalue weighted by Crippen LogP contribution is -2.22. The highest BCUT2D eigenvalue weighted by Crippen LogP contribution is 2.19. The minimum Gasteiger partial charge on any atom is -0.313 e. The lowest BCUT2D eigenvalue weighted by atomic mass is 10.1. The number of H-pyrrole nitrogens is 2. The largest absolute Gasteiger partial charge is 0.325 e. The molecule has 0 spiro atoms. The average molecular weight is 279 g/mol. The van der Waals surface area contributed by atoms with Gasteiger partial charge in [0.1, 0.15) is 5.69 Å². The lowest BCUT2D eigenvalue weighted by Gasteiger charge is -2.01. The third-order valence-corrected chi connectivity index (χ3v) is 2.70. The van der Waals surface area contributed by atoms with Crippen LogP contribution in [0.5, 0.6) is 0 Å². The van der Waals surface area contributed by atoms with Crippen molar-refractivity contribution in [3.05, 3.63) is 49.9 Å². The summed E-state index contributed by atoms with van der Waals surface area (Å²) in [5.41, 5.74) is 0.152. The summed E-state index contributed by atoms with van der Waals surface area (Å²) in [6.45, 7) is 1.99. The summed E-state index contributed by atoms with van der Waals surface area (Å²) in [5, 5.41) is 7.90. The molecule has 0 bridgehead atoms. The number of aromatic amines is 2. The predicted molar refractivity (Wildman–Crippen MR) is 73.0 cm³/mol. The quantitative estimate of drug-likeness (QED) is 0.892. The first-order chi connectivity index (χ1) is 9.11. The van der Waals surface area contributed by atoms with Gasteiger partial charge < -0.3 is 4.98 Å². The molecule has 0 radical (unpaired) electrons. The van der Waals surface area contributed by atoms with Crippen LogP contribution >= 0.6 is 11.6 Å². The predicted octanol–water partition coefficient (Wildman–Crippen LogP) is 1.60. The topological polar surface area (TPSA) is 91.5 Å². The summed E-state index contributed by atoms with van der Waals surface area (Å²) in [7, 11) is 0. The minimum atomic E-state index is -0.568. The highest BCUT2D eigenvalue weighted by atomic mass is 35.5. The highest BCUT2D eigenvalue weighted by molar-refractivity contribution is 6.30. The Morgan fingerprint density at radius 3 is 2.84 bits per heavy atom. The Kier molecular flexibility index (Phi) is 3.91. The fourth-order valence-electron chi connectivity index (χ4n) is 1.48. The molecule has 0 unspecified atom stereocenters. The molecule has 0 amide bonds. The van der Waals surface area contributed by atoms with Gasteiger partial charge in [0.05, 0.1) is 5.56 Å². The van der Waals surface area contributed by atoms with Crippen molar-refractivity contribution in [1.82, 2.24) is 20.2 Å². The number of rotatable bonds is 3. The van der Waals surface area contributed by atoms with Gasteiger partial charge in [-0.2, -0.15) is 0 Å². The lowest BCUT2D eigenvalue weighted by molar-refractivity contribution is 1.00. The molecule has 0 aliphatic carbocycles. The van der Waals surface area contributed by atoms with Gasteiger partial charge in [-0.3, -0.25) is 9.78 Å². The maximum Gasteiger partial charge on any atom is 0.325 e. The van der Waals surface area contributed by atoms with E-state index in [2.05, 4.69) is 20.2 Å². The first kappa shape index (κ1) is 13.2. The monoisotopic (exact) mass is 278 g/mol. The molecular weight excluding hydrogens is 268 g/mol. The Morgan fingerprint density at radius 2 is 2.16 bits per heavy atom. The zero-order chi connectivity index (χ0) is 13.8. The normalized spacial score (nSPS) is 11.1. The zero-order valence-corrected chi connectivity index (χ0v) is 10.9. The number of allylic oxidation sites excluding steroid dienone is 1. The first-order valence-electron chi connectivity index (χ1n) is 5.64. The van der Waals surface area contributed by atoms with Gasteiger partial charge in [-0.1, -0.05) is 30.7 Å². The number of nitrogens with zero attached hydrogens (tertiary/aromatic N) is 2. The van der Waals surface area contributed by atoms with E-state index in [1.165, 1.54) is 6.20 Å². The molecule has 2 N–H and O–H groups in total. The molecule has 19 heavy (non-hydrogen) atoms. The SMILES string of the molecule is CCC=Cc1cc(-c2c[nH]c(=O)[nH]c2=O)nnc1Cl. The first-order valence-corrected chi connectivity index (χ1v) is 6.01. The van der Waals surface area contributed by atoms with E-state index < -0.39 is 11.2 Å². The van der Waals surface area contributed by atoms with Crippen LogP contribution in [0, 0.1) is 0 Å². The van der Waals surface area contributed by atoms with Crippen molar-refractivity contribution in [2.45, 2.75) is 13.3 Å². The van der Waals surface area contributed by atoms with Gasteiger partial charge in [-0.05, 0) is 12.5 Å². The molecule has 2 aromatic rings. The molecule has 6 nitrogen and oxygen atoms in total. The Labute approximate surface area is 113 Å². The van der Waals surface area contributed by atoms with Crippen LogP contribution in [0.3, 0.4) is 0 Å². The van der Waals surface area contributed by atoms with E-state index in [0.717, 1.165) is 6.42 Å². The van der Waals surface area contributed by atoms with Crippen LogP contribution in [0.15, 0.2) is 27.9 Å². The second-order valence-electron chi connectivity index (χ2n) is 3.77. The Bertz CT molecular complexity index is 733. The van der Waals surface area contributed by atoms with E-state index in [4.69, 9.17) is 11.6 Å². The van der Waals surface area contributed by atoms with E-state index >= 15 is 0 Å². The van der Waals surface area contributed by atoms with E-state index in [1.54, 1.807) is 12.1 Å². The van der Waals surface area contributed by atoms with Crippen molar-refractivity contribution in [3.63, 3.8) is 0 Å². The molecule has 0 saturated carbocycles. The fraction of sp³-hybridized carbons (Fsp3) is 0.167. The molecule has 98 valence electrons. The summed E-state index contributed by atoms with van der Waals surface area (Å²) < 4.78 is 0. The van der Waals surface area contributed by atoms with Crippen LogP contribution < -0.4 is 11.2 Å². The molecule has 2 heterocycles. The van der Waals surface area contributed by atoms with Gasteiger partial charge in [0.15, 0.2) is 5.15 Å². The molecule has 7 heteroatoms. The number of halogens is 1.